The zero-order chi connectivity index (χ0) is 21.4. The summed E-state index contributed by atoms with van der Waals surface area (Å²) in [6.45, 7) is 3.65. The largest absolute Gasteiger partial charge is 0.508 e. The first-order valence-electron chi connectivity index (χ1n) is 9.14. The van der Waals surface area contributed by atoms with E-state index >= 15 is 0 Å². The molecule has 2 aliphatic rings. The van der Waals surface area contributed by atoms with E-state index in [1.807, 2.05) is 0 Å². The first kappa shape index (κ1) is 21.0. The molecule has 0 saturated carbocycles. The van der Waals surface area contributed by atoms with Crippen LogP contribution in [0.15, 0.2) is 48.5 Å². The Morgan fingerprint density at radius 2 is 1.67 bits per heavy atom. The summed E-state index contributed by atoms with van der Waals surface area (Å²) in [5, 5.41) is 9.35. The average molecular weight is 438 g/mol. The minimum atomic E-state index is -3.36. The van der Waals surface area contributed by atoms with Gasteiger partial charge in [-0.3, -0.25) is 13.6 Å². The van der Waals surface area contributed by atoms with Gasteiger partial charge in [0.1, 0.15) is 11.5 Å². The number of benzene rings is 2. The maximum Gasteiger partial charge on any atom is 0.403 e. The number of hydrogen-bond acceptors (Lipinski definition) is 10. The van der Waals surface area contributed by atoms with Crippen molar-refractivity contribution < 1.29 is 47.8 Å². The van der Waals surface area contributed by atoms with Crippen molar-refractivity contribution in [2.75, 3.05) is 13.2 Å². The molecular weight excluding hydrogens is 419 g/mol. The van der Waals surface area contributed by atoms with Gasteiger partial charge in [-0.15, -0.1) is 0 Å². The van der Waals surface area contributed by atoms with E-state index in [9.17, 15) is 14.5 Å². The molecule has 0 aromatic heterocycles. The molecule has 160 valence electrons. The summed E-state index contributed by atoms with van der Waals surface area (Å²) >= 11 is 0. The summed E-state index contributed by atoms with van der Waals surface area (Å²) < 4.78 is 28.1. The zero-order valence-corrected chi connectivity index (χ0v) is 17.0. The van der Waals surface area contributed by atoms with E-state index in [0.717, 1.165) is 0 Å². The summed E-state index contributed by atoms with van der Waals surface area (Å²) in [6, 6.07) is 11.7. The molecule has 10 nitrogen and oxygen atoms in total. The average Bonchev–Trinajstić information content (AvgIpc) is 3.54. The van der Waals surface area contributed by atoms with Crippen LogP contribution in [0.2, 0.25) is 0 Å². The maximum atomic E-state index is 12.4. The normalized spacial score (nSPS) is 24.2. The number of carbonyl (C=O) groups excluding carboxylic acids is 1. The molecule has 2 saturated heterocycles. The van der Waals surface area contributed by atoms with Gasteiger partial charge in [0.15, 0.2) is 0 Å². The lowest BCUT2D eigenvalue weighted by Gasteiger charge is -2.29. The molecule has 4 rings (SSSR count). The Kier molecular flexibility index (Phi) is 5.41. The van der Waals surface area contributed by atoms with Crippen LogP contribution in [0.4, 0.5) is 0 Å². The van der Waals surface area contributed by atoms with Crippen LogP contribution >= 0.6 is 7.60 Å². The molecule has 2 aromatic carbocycles. The number of hydrogen-bond donors (Lipinski definition) is 1. The number of phenolic OH excluding ortho intramolecular Hbond substituents is 1. The number of phenols is 1. The second-order valence-corrected chi connectivity index (χ2v) is 8.27. The second-order valence-electron chi connectivity index (χ2n) is 6.32. The van der Waals surface area contributed by atoms with Crippen molar-refractivity contribution in [3.05, 3.63) is 59.7 Å². The highest BCUT2D eigenvalue weighted by Gasteiger charge is 3.01. The number of rotatable bonds is 10. The molecule has 2 aliphatic heterocycles. The van der Waals surface area contributed by atoms with Gasteiger partial charge in [0.2, 0.25) is 0 Å². The van der Waals surface area contributed by atoms with Crippen LogP contribution < -0.4 is 4.74 Å². The summed E-state index contributed by atoms with van der Waals surface area (Å²) in [5.74, 6) is -2.45. The second kappa shape index (κ2) is 7.75. The third-order valence-electron chi connectivity index (χ3n) is 4.32. The smallest absolute Gasteiger partial charge is 0.403 e. The van der Waals surface area contributed by atoms with E-state index in [0.29, 0.717) is 0 Å². The minimum Gasteiger partial charge on any atom is -0.508 e. The minimum absolute atomic E-state index is 0.0250. The van der Waals surface area contributed by atoms with Crippen LogP contribution in [0, 0.1) is 0 Å². The Hall–Kier alpha value is -2.30. The highest BCUT2D eigenvalue weighted by Crippen LogP contribution is 3.01. The van der Waals surface area contributed by atoms with Crippen molar-refractivity contribution >= 4 is 13.6 Å². The van der Waals surface area contributed by atoms with Gasteiger partial charge in [0.25, 0.3) is 0 Å². The number of fused-ring (bicyclic) bond motifs is 1. The van der Waals surface area contributed by atoms with Crippen LogP contribution in [-0.2, 0) is 38.9 Å². The molecule has 0 aliphatic carbocycles. The topological polar surface area (TPSA) is 126 Å². The Morgan fingerprint density at radius 3 is 2.20 bits per heavy atom. The Labute approximate surface area is 171 Å². The molecule has 0 radical (unpaired) electrons. The van der Waals surface area contributed by atoms with Crippen LogP contribution in [0.5, 0.6) is 11.5 Å². The van der Waals surface area contributed by atoms with Crippen molar-refractivity contribution in [2.45, 2.75) is 25.2 Å². The molecule has 2 fully saturated rings. The van der Waals surface area contributed by atoms with Crippen molar-refractivity contribution in [3.63, 3.8) is 0 Å². The number of ether oxygens (including phenoxy) is 1. The van der Waals surface area contributed by atoms with E-state index in [-0.39, 0.29) is 35.8 Å². The van der Waals surface area contributed by atoms with Gasteiger partial charge in [-0.1, -0.05) is 12.1 Å². The standard InChI is InChI=1S/C19H19O10P/c1-3-23-26-18(27-24-4-2,19-28-30(19,22)29-19)14-6-5-7-16(12-14)25-17(21)13-8-10-15(20)11-9-13/h5-12,20H,3-4H2,1-2H3. The lowest BCUT2D eigenvalue weighted by atomic mass is 10.0. The summed E-state index contributed by atoms with van der Waals surface area (Å²) in [7, 11) is -3.36. The van der Waals surface area contributed by atoms with E-state index in [1.54, 1.807) is 26.0 Å². The Bertz CT molecular complexity index is 971. The molecule has 2 heterocycles. The SMILES string of the molecule is CCOOC(OOCC)(c1cccc(OC(=O)c2ccc(O)cc2)c1)C12OP1(=O)O2. The number of aromatic hydroxyl groups is 1. The van der Waals surface area contributed by atoms with Crippen molar-refractivity contribution in [3.8, 4) is 11.5 Å². The van der Waals surface area contributed by atoms with Gasteiger partial charge in [-0.05, 0) is 50.2 Å². The molecule has 1 N–H and O–H groups in total. The van der Waals surface area contributed by atoms with Gasteiger partial charge < -0.3 is 9.84 Å². The van der Waals surface area contributed by atoms with Crippen molar-refractivity contribution in [1.82, 2.24) is 0 Å². The fraction of sp³-hybridized carbons (Fsp3) is 0.316. The molecule has 0 bridgehead atoms. The molecular formula is C19H19O10P. The lowest BCUT2D eigenvalue weighted by molar-refractivity contribution is -0.540. The molecule has 0 spiro atoms. The predicted octanol–water partition coefficient (Wildman–Crippen LogP) is 3.61. The third-order valence-corrected chi connectivity index (χ3v) is 6.18. The molecule has 0 atom stereocenters. The predicted molar refractivity (Wildman–Crippen MR) is 99.1 cm³/mol. The van der Waals surface area contributed by atoms with Crippen molar-refractivity contribution in [2.24, 2.45) is 0 Å². The first-order chi connectivity index (χ1) is 14.4. The van der Waals surface area contributed by atoms with E-state index in [2.05, 4.69) is 0 Å². The van der Waals surface area contributed by atoms with E-state index in [1.165, 1.54) is 36.4 Å². The zero-order valence-electron chi connectivity index (χ0n) is 16.1. The lowest BCUT2D eigenvalue weighted by Crippen LogP contribution is -2.43. The fourth-order valence-corrected chi connectivity index (χ4v) is 4.59. The number of esters is 1. The molecule has 0 amide bonds. The highest BCUT2D eigenvalue weighted by molar-refractivity contribution is 7.68. The Balaban J connectivity index is 1.64. The Morgan fingerprint density at radius 1 is 1.07 bits per heavy atom. The van der Waals surface area contributed by atoms with Gasteiger partial charge in [0.05, 0.1) is 18.8 Å². The van der Waals surface area contributed by atoms with Crippen molar-refractivity contribution in [1.29, 1.82) is 0 Å². The first-order valence-corrected chi connectivity index (χ1v) is 10.7. The van der Waals surface area contributed by atoms with Crippen LogP contribution in [0.1, 0.15) is 29.8 Å². The number of carbonyl (C=O) groups is 1. The summed E-state index contributed by atoms with van der Waals surface area (Å²) in [4.78, 5) is 33.4. The van der Waals surface area contributed by atoms with Gasteiger partial charge in [-0.25, -0.2) is 14.6 Å². The maximum absolute atomic E-state index is 12.4. The molecule has 30 heavy (non-hydrogen) atoms. The fourth-order valence-electron chi connectivity index (χ4n) is 2.80. The monoisotopic (exact) mass is 438 g/mol. The molecule has 2 aromatic rings. The van der Waals surface area contributed by atoms with Gasteiger partial charge in [-0.2, -0.15) is 9.78 Å². The van der Waals surface area contributed by atoms with E-state index < -0.39 is 24.9 Å². The summed E-state index contributed by atoms with van der Waals surface area (Å²) in [5.41, 5.74) is -1.22. The molecule has 11 heteroatoms. The van der Waals surface area contributed by atoms with Crippen LogP contribution in [-0.4, -0.2) is 29.8 Å². The molecule has 0 unspecified atom stereocenters. The third kappa shape index (κ3) is 3.42. The quantitative estimate of drug-likeness (QED) is 0.112. The van der Waals surface area contributed by atoms with Gasteiger partial charge >= 0.3 is 24.9 Å². The highest BCUT2D eigenvalue weighted by atomic mass is 31.2. The van der Waals surface area contributed by atoms with Crippen LogP contribution in [0.25, 0.3) is 0 Å². The van der Waals surface area contributed by atoms with E-state index in [4.69, 9.17) is 33.3 Å². The van der Waals surface area contributed by atoms with Crippen LogP contribution in [0.3, 0.4) is 0 Å². The van der Waals surface area contributed by atoms with Gasteiger partial charge in [0, 0.05) is 5.56 Å². The summed E-state index contributed by atoms with van der Waals surface area (Å²) in [6.07, 6.45) is 0.